The monoisotopic (exact) mass is 433 g/mol. The Bertz CT molecular complexity index is 810. The standard InChI is InChI=1S/C20H24BrN3O3/c1-26-19-9-18(22)17(21)8-16(19)20(25)23-13-6-14-2-3-15(7-13)24(14)10-12-4-5-27-11-12/h4-5,8-9,11,13-15H,2-3,6-7,10,22H2,1H3,(H,23,25). The van der Waals surface area contributed by atoms with Crippen LogP contribution in [0.2, 0.25) is 0 Å². The molecule has 1 aromatic heterocycles. The zero-order valence-electron chi connectivity index (χ0n) is 15.3. The van der Waals surface area contributed by atoms with Crippen molar-refractivity contribution in [2.24, 2.45) is 0 Å². The fourth-order valence-electron chi connectivity index (χ4n) is 4.42. The van der Waals surface area contributed by atoms with Crippen LogP contribution in [0.1, 0.15) is 41.6 Å². The van der Waals surface area contributed by atoms with Crippen molar-refractivity contribution in [3.8, 4) is 5.75 Å². The number of rotatable bonds is 5. The highest BCUT2D eigenvalue weighted by Crippen LogP contribution is 2.37. The van der Waals surface area contributed by atoms with Gasteiger partial charge in [0.15, 0.2) is 0 Å². The quantitative estimate of drug-likeness (QED) is 0.704. The van der Waals surface area contributed by atoms with Gasteiger partial charge in [0.2, 0.25) is 0 Å². The van der Waals surface area contributed by atoms with Crippen LogP contribution in [0.4, 0.5) is 5.69 Å². The minimum absolute atomic E-state index is 0.111. The first-order valence-electron chi connectivity index (χ1n) is 9.26. The van der Waals surface area contributed by atoms with Gasteiger partial charge in [-0.25, -0.2) is 0 Å². The molecule has 0 saturated carbocycles. The van der Waals surface area contributed by atoms with Gasteiger partial charge in [-0.3, -0.25) is 9.69 Å². The predicted molar refractivity (Wildman–Crippen MR) is 107 cm³/mol. The number of carbonyl (C=O) groups is 1. The minimum Gasteiger partial charge on any atom is -0.496 e. The van der Waals surface area contributed by atoms with Crippen LogP contribution in [0.15, 0.2) is 39.6 Å². The highest BCUT2D eigenvalue weighted by Gasteiger charge is 2.41. The van der Waals surface area contributed by atoms with Crippen LogP contribution in [-0.4, -0.2) is 36.0 Å². The second-order valence-corrected chi connectivity index (χ2v) is 8.26. The van der Waals surface area contributed by atoms with E-state index in [1.165, 1.54) is 18.4 Å². The van der Waals surface area contributed by atoms with Gasteiger partial charge < -0.3 is 20.2 Å². The van der Waals surface area contributed by atoms with Gasteiger partial charge in [-0.05, 0) is 53.7 Å². The van der Waals surface area contributed by atoms with Crippen LogP contribution >= 0.6 is 15.9 Å². The van der Waals surface area contributed by atoms with Crippen molar-refractivity contribution in [2.75, 3.05) is 12.8 Å². The summed E-state index contributed by atoms with van der Waals surface area (Å²) in [5.74, 6) is 0.383. The molecule has 3 N–H and O–H groups in total. The molecule has 7 heteroatoms. The van der Waals surface area contributed by atoms with Crippen molar-refractivity contribution >= 4 is 27.5 Å². The summed E-state index contributed by atoms with van der Waals surface area (Å²) < 4.78 is 11.2. The van der Waals surface area contributed by atoms with Crippen LogP contribution in [0.3, 0.4) is 0 Å². The van der Waals surface area contributed by atoms with E-state index in [-0.39, 0.29) is 11.9 Å². The number of nitrogens with one attached hydrogen (secondary N) is 1. The molecule has 2 fully saturated rings. The van der Waals surface area contributed by atoms with Gasteiger partial charge in [-0.15, -0.1) is 0 Å². The molecule has 2 aromatic rings. The van der Waals surface area contributed by atoms with Crippen LogP contribution in [0.25, 0.3) is 0 Å². The first-order valence-corrected chi connectivity index (χ1v) is 10.0. The Morgan fingerprint density at radius 1 is 1.37 bits per heavy atom. The maximum Gasteiger partial charge on any atom is 0.255 e. The molecule has 0 radical (unpaired) electrons. The van der Waals surface area contributed by atoms with Gasteiger partial charge in [0.05, 0.1) is 25.2 Å². The van der Waals surface area contributed by atoms with Crippen molar-refractivity contribution in [3.63, 3.8) is 0 Å². The molecule has 1 aromatic carbocycles. The van der Waals surface area contributed by atoms with E-state index in [0.29, 0.717) is 33.6 Å². The lowest BCUT2D eigenvalue weighted by molar-refractivity contribution is 0.0825. The van der Waals surface area contributed by atoms with E-state index in [0.717, 1.165) is 19.4 Å². The third-order valence-corrected chi connectivity index (χ3v) is 6.41. The molecule has 6 nitrogen and oxygen atoms in total. The third-order valence-electron chi connectivity index (χ3n) is 5.73. The number of halogens is 1. The van der Waals surface area contributed by atoms with Crippen molar-refractivity contribution in [1.29, 1.82) is 0 Å². The summed E-state index contributed by atoms with van der Waals surface area (Å²) in [4.78, 5) is 15.4. The molecule has 1 amide bonds. The highest BCUT2D eigenvalue weighted by atomic mass is 79.9. The zero-order chi connectivity index (χ0) is 19.0. The second kappa shape index (κ2) is 7.56. The molecule has 4 rings (SSSR count). The molecule has 0 spiro atoms. The molecule has 0 aliphatic carbocycles. The summed E-state index contributed by atoms with van der Waals surface area (Å²) in [6.07, 6.45) is 7.86. The minimum atomic E-state index is -0.111. The molecule has 2 aliphatic rings. The summed E-state index contributed by atoms with van der Waals surface area (Å²) in [5, 5.41) is 3.21. The van der Waals surface area contributed by atoms with E-state index in [1.807, 2.05) is 12.3 Å². The van der Waals surface area contributed by atoms with Crippen LogP contribution < -0.4 is 15.8 Å². The number of benzene rings is 1. The summed E-state index contributed by atoms with van der Waals surface area (Å²) in [6.45, 7) is 0.922. The van der Waals surface area contributed by atoms with E-state index in [4.69, 9.17) is 14.9 Å². The first kappa shape index (κ1) is 18.4. The SMILES string of the molecule is COc1cc(N)c(Br)cc1C(=O)NC1CC2CCC(C1)N2Cc1ccoc1. The van der Waals surface area contributed by atoms with Crippen molar-refractivity contribution in [3.05, 3.63) is 46.3 Å². The number of hydrogen-bond acceptors (Lipinski definition) is 5. The van der Waals surface area contributed by atoms with E-state index in [9.17, 15) is 4.79 Å². The van der Waals surface area contributed by atoms with Crippen molar-refractivity contribution in [2.45, 2.75) is 50.4 Å². The highest BCUT2D eigenvalue weighted by molar-refractivity contribution is 9.10. The summed E-state index contributed by atoms with van der Waals surface area (Å²) in [7, 11) is 1.55. The largest absolute Gasteiger partial charge is 0.496 e. The number of anilines is 1. The Labute approximate surface area is 167 Å². The Kier molecular flexibility index (Phi) is 5.14. The molecule has 2 bridgehead atoms. The second-order valence-electron chi connectivity index (χ2n) is 7.40. The summed E-state index contributed by atoms with van der Waals surface area (Å²) in [6, 6.07) is 6.62. The van der Waals surface area contributed by atoms with Crippen LogP contribution in [-0.2, 0) is 6.54 Å². The normalized spacial score (nSPS) is 24.7. The fraction of sp³-hybridized carbons (Fsp3) is 0.450. The van der Waals surface area contributed by atoms with Gasteiger partial charge >= 0.3 is 0 Å². The Balaban J connectivity index is 1.43. The number of nitrogens with two attached hydrogens (primary N) is 1. The first-order chi connectivity index (χ1) is 13.0. The average molecular weight is 434 g/mol. The maximum absolute atomic E-state index is 12.8. The van der Waals surface area contributed by atoms with Gasteiger partial charge in [0.1, 0.15) is 5.75 Å². The molecular weight excluding hydrogens is 410 g/mol. The number of piperidine rings is 1. The Hall–Kier alpha value is -1.99. The van der Waals surface area contributed by atoms with Crippen LogP contribution in [0, 0.1) is 0 Å². The summed E-state index contributed by atoms with van der Waals surface area (Å²) >= 11 is 3.39. The van der Waals surface area contributed by atoms with Gasteiger partial charge in [0, 0.05) is 46.5 Å². The number of amides is 1. The Morgan fingerprint density at radius 3 is 2.74 bits per heavy atom. The lowest BCUT2D eigenvalue weighted by Gasteiger charge is -2.39. The number of nitrogen functional groups attached to an aromatic ring is 1. The van der Waals surface area contributed by atoms with E-state index >= 15 is 0 Å². The number of methoxy groups -OCH3 is 1. The fourth-order valence-corrected chi connectivity index (χ4v) is 4.77. The molecule has 2 unspecified atom stereocenters. The molecule has 2 atom stereocenters. The van der Waals surface area contributed by atoms with E-state index in [1.54, 1.807) is 25.5 Å². The van der Waals surface area contributed by atoms with E-state index in [2.05, 4.69) is 26.1 Å². The smallest absolute Gasteiger partial charge is 0.255 e. The molecule has 2 saturated heterocycles. The molecule has 27 heavy (non-hydrogen) atoms. The van der Waals surface area contributed by atoms with Crippen LogP contribution in [0.5, 0.6) is 5.75 Å². The van der Waals surface area contributed by atoms with Gasteiger partial charge in [0.25, 0.3) is 5.91 Å². The predicted octanol–water partition coefficient (Wildman–Crippen LogP) is 3.56. The molecular formula is C20H24BrN3O3. The molecule has 144 valence electrons. The number of carbonyl (C=O) groups excluding carboxylic acids is 1. The Morgan fingerprint density at radius 2 is 2.11 bits per heavy atom. The maximum atomic E-state index is 12.8. The number of furan rings is 1. The number of fused-ring (bicyclic) bond motifs is 2. The van der Waals surface area contributed by atoms with E-state index < -0.39 is 0 Å². The number of nitrogens with zero attached hydrogens (tertiary/aromatic N) is 1. The third kappa shape index (κ3) is 3.71. The summed E-state index contributed by atoms with van der Waals surface area (Å²) in [5.41, 5.74) is 8.16. The molecule has 2 aliphatic heterocycles. The topological polar surface area (TPSA) is 80.7 Å². The number of hydrogen-bond donors (Lipinski definition) is 2. The number of ether oxygens (including phenoxy) is 1. The zero-order valence-corrected chi connectivity index (χ0v) is 16.9. The lowest BCUT2D eigenvalue weighted by Crippen LogP contribution is -2.50. The van der Waals surface area contributed by atoms with Crippen molar-refractivity contribution in [1.82, 2.24) is 10.2 Å². The van der Waals surface area contributed by atoms with Crippen molar-refractivity contribution < 1.29 is 13.9 Å². The van der Waals surface area contributed by atoms with Gasteiger partial charge in [-0.2, -0.15) is 0 Å². The van der Waals surface area contributed by atoms with Gasteiger partial charge in [-0.1, -0.05) is 0 Å². The molecule has 3 heterocycles. The average Bonchev–Trinajstić information content (AvgIpc) is 3.23. The lowest BCUT2D eigenvalue weighted by atomic mass is 9.96.